The van der Waals surface area contributed by atoms with Crippen LogP contribution < -0.4 is 0 Å². The van der Waals surface area contributed by atoms with Crippen LogP contribution >= 0.6 is 22.6 Å². The largest absolute Gasteiger partial charge is 0.467 e. The van der Waals surface area contributed by atoms with Crippen molar-refractivity contribution in [3.8, 4) is 0 Å². The molecule has 22 heavy (non-hydrogen) atoms. The third-order valence-electron chi connectivity index (χ3n) is 5.19. The van der Waals surface area contributed by atoms with Gasteiger partial charge in [-0.15, -0.1) is 0 Å². The highest BCUT2D eigenvalue weighted by Gasteiger charge is 2.70. The Balaban J connectivity index is 2.28. The Hall–Kier alpha value is -0.660. The van der Waals surface area contributed by atoms with Crippen LogP contribution in [0.3, 0.4) is 0 Å². The fourth-order valence-electron chi connectivity index (χ4n) is 3.77. The molecule has 0 aromatic rings. The predicted octanol–water partition coefficient (Wildman–Crippen LogP) is 2.52. The maximum Gasteiger partial charge on any atom is 0.328 e. The second kappa shape index (κ2) is 5.76. The van der Waals surface area contributed by atoms with Crippen LogP contribution in [0.4, 0.5) is 0 Å². The molecule has 0 N–H and O–H groups in total. The van der Waals surface area contributed by atoms with E-state index in [9.17, 15) is 9.59 Å². The van der Waals surface area contributed by atoms with Gasteiger partial charge in [-0.25, -0.2) is 4.79 Å². The van der Waals surface area contributed by atoms with Crippen LogP contribution in [-0.4, -0.2) is 46.7 Å². The number of likely N-dealkylation sites (tertiary alicyclic amines) is 1. The number of halogens is 1. The van der Waals surface area contributed by atoms with Crippen LogP contribution in [0.5, 0.6) is 0 Å². The molecule has 2 aliphatic rings. The van der Waals surface area contributed by atoms with Gasteiger partial charge in [-0.3, -0.25) is 9.79 Å². The van der Waals surface area contributed by atoms with Crippen LogP contribution in [0, 0.1) is 22.7 Å². The highest BCUT2D eigenvalue weighted by molar-refractivity contribution is 14.1. The van der Waals surface area contributed by atoms with Gasteiger partial charge in [-0.1, -0.05) is 34.6 Å². The molecule has 2 rings (SSSR count). The normalized spacial score (nSPS) is 31.0. The van der Waals surface area contributed by atoms with Crippen LogP contribution in [-0.2, 0) is 14.3 Å². The highest BCUT2D eigenvalue weighted by atomic mass is 127. The van der Waals surface area contributed by atoms with Gasteiger partial charge in [0.1, 0.15) is 12.1 Å². The molecular weight excluding hydrogens is 395 g/mol. The summed E-state index contributed by atoms with van der Waals surface area (Å²) in [5, 5.41) is 0. The van der Waals surface area contributed by atoms with Crippen LogP contribution in [0.15, 0.2) is 4.99 Å². The summed E-state index contributed by atoms with van der Waals surface area (Å²) in [6.45, 7) is 10.9. The lowest BCUT2D eigenvalue weighted by Crippen LogP contribution is -2.51. The third-order valence-corrected chi connectivity index (χ3v) is 5.52. The van der Waals surface area contributed by atoms with Gasteiger partial charge in [0.2, 0.25) is 5.91 Å². The first-order chi connectivity index (χ1) is 10.1. The van der Waals surface area contributed by atoms with E-state index in [0.29, 0.717) is 12.5 Å². The molecule has 2 fully saturated rings. The first kappa shape index (κ1) is 17.7. The molecule has 0 radical (unpaired) electrons. The molecular formula is C16H25IN2O3. The number of aliphatic imine (C=N–C) groups is 1. The van der Waals surface area contributed by atoms with Gasteiger partial charge < -0.3 is 9.64 Å². The molecule has 1 aliphatic carbocycles. The molecule has 0 spiro atoms. The number of esters is 1. The zero-order chi connectivity index (χ0) is 16.9. The average Bonchev–Trinajstić information content (AvgIpc) is 2.79. The number of carbonyl (C=O) groups excluding carboxylic acids is 2. The van der Waals surface area contributed by atoms with E-state index in [0.717, 1.165) is 0 Å². The third kappa shape index (κ3) is 2.78. The van der Waals surface area contributed by atoms with Crippen molar-refractivity contribution in [3.63, 3.8) is 0 Å². The SMILES string of the molecule is COC(=O)[C@@H]1[C@@H]2[C@H](CN1C(=O)[C@@H](N=CI)C(C)(C)C)C2(C)C. The summed E-state index contributed by atoms with van der Waals surface area (Å²) in [6, 6.07) is -0.941. The van der Waals surface area contributed by atoms with Crippen molar-refractivity contribution in [1.82, 2.24) is 4.90 Å². The molecule has 1 aliphatic heterocycles. The Labute approximate surface area is 146 Å². The van der Waals surface area contributed by atoms with Crippen LogP contribution in [0.1, 0.15) is 34.6 Å². The van der Waals surface area contributed by atoms with Gasteiger partial charge in [0.15, 0.2) is 0 Å². The van der Waals surface area contributed by atoms with Crippen molar-refractivity contribution >= 4 is 38.7 Å². The van der Waals surface area contributed by atoms with E-state index in [2.05, 4.69) is 18.8 Å². The molecule has 124 valence electrons. The lowest BCUT2D eigenvalue weighted by Gasteiger charge is -2.34. The van der Waals surface area contributed by atoms with Gasteiger partial charge in [-0.05, 0) is 39.3 Å². The molecule has 4 atom stereocenters. The van der Waals surface area contributed by atoms with Crippen molar-refractivity contribution in [2.24, 2.45) is 27.7 Å². The Morgan fingerprint density at radius 2 is 2.00 bits per heavy atom. The number of nitrogens with zero attached hydrogens (tertiary/aromatic N) is 2. The summed E-state index contributed by atoms with van der Waals surface area (Å²) < 4.78 is 6.60. The lowest BCUT2D eigenvalue weighted by molar-refractivity contribution is -0.154. The molecule has 6 heteroatoms. The first-order valence-electron chi connectivity index (χ1n) is 7.57. The van der Waals surface area contributed by atoms with Crippen molar-refractivity contribution in [2.75, 3.05) is 13.7 Å². The fourth-order valence-corrected chi connectivity index (χ4v) is 4.10. The summed E-state index contributed by atoms with van der Waals surface area (Å²) in [5.41, 5.74) is -0.179. The molecule has 5 nitrogen and oxygen atoms in total. The van der Waals surface area contributed by atoms with Crippen molar-refractivity contribution < 1.29 is 14.3 Å². The lowest BCUT2D eigenvalue weighted by atomic mass is 9.85. The predicted molar refractivity (Wildman–Crippen MR) is 94.0 cm³/mol. The second-order valence-electron chi connectivity index (χ2n) is 7.93. The van der Waals surface area contributed by atoms with Crippen molar-refractivity contribution in [1.29, 1.82) is 0 Å². The standard InChI is InChI=1S/C16H25IN2O3/c1-15(2,3)12(18-8-17)13(20)19-7-9-10(16(9,4)5)11(19)14(21)22-6/h8-12H,7H2,1-6H3/t9-,10-,11-,12+/m0/s1. The smallest absolute Gasteiger partial charge is 0.328 e. The molecule has 0 aromatic carbocycles. The summed E-state index contributed by atoms with van der Waals surface area (Å²) in [7, 11) is 1.39. The highest BCUT2D eigenvalue weighted by Crippen LogP contribution is 2.65. The minimum atomic E-state index is -0.475. The number of amides is 1. The summed E-state index contributed by atoms with van der Waals surface area (Å²) in [6.07, 6.45) is 0. The molecule has 1 amide bonds. The first-order valence-corrected chi connectivity index (χ1v) is 8.82. The van der Waals surface area contributed by atoms with E-state index in [1.807, 2.05) is 43.4 Å². The number of rotatable bonds is 3. The maximum absolute atomic E-state index is 13.0. The molecule has 0 unspecified atom stereocenters. The molecule has 1 saturated heterocycles. The quantitative estimate of drug-likeness (QED) is 0.401. The van der Waals surface area contributed by atoms with E-state index >= 15 is 0 Å². The molecule has 0 bridgehead atoms. The summed E-state index contributed by atoms with van der Waals surface area (Å²) >= 11 is 2.03. The minimum Gasteiger partial charge on any atom is -0.467 e. The Morgan fingerprint density at radius 1 is 1.41 bits per heavy atom. The summed E-state index contributed by atoms with van der Waals surface area (Å²) in [4.78, 5) is 31.3. The van der Waals surface area contributed by atoms with Gasteiger partial charge in [-0.2, -0.15) is 0 Å². The Bertz CT molecular complexity index is 510. The van der Waals surface area contributed by atoms with E-state index in [1.54, 1.807) is 9.12 Å². The molecule has 0 aromatic heterocycles. The zero-order valence-corrected chi connectivity index (χ0v) is 16.2. The minimum absolute atomic E-state index is 0.0705. The average molecular weight is 420 g/mol. The number of fused-ring (bicyclic) bond motifs is 1. The number of methoxy groups -OCH3 is 1. The van der Waals surface area contributed by atoms with E-state index < -0.39 is 12.1 Å². The Kier molecular flexibility index (Phi) is 4.63. The Morgan fingerprint density at radius 3 is 2.45 bits per heavy atom. The van der Waals surface area contributed by atoms with Gasteiger partial charge in [0, 0.05) is 12.5 Å². The number of hydrogen-bond acceptors (Lipinski definition) is 4. The fraction of sp³-hybridized carbons (Fsp3) is 0.812. The van der Waals surface area contributed by atoms with Crippen LogP contribution in [0.25, 0.3) is 0 Å². The van der Waals surface area contributed by atoms with E-state index in [-0.39, 0.29) is 28.6 Å². The number of hydrogen-bond donors (Lipinski definition) is 0. The maximum atomic E-state index is 13.0. The van der Waals surface area contributed by atoms with Crippen LogP contribution in [0.2, 0.25) is 0 Å². The zero-order valence-electron chi connectivity index (χ0n) is 14.1. The number of carbonyl (C=O) groups is 2. The van der Waals surface area contributed by atoms with E-state index in [1.165, 1.54) is 7.11 Å². The summed E-state index contributed by atoms with van der Waals surface area (Å²) in [5.74, 6) is 0.203. The monoisotopic (exact) mass is 420 g/mol. The van der Waals surface area contributed by atoms with Gasteiger partial charge >= 0.3 is 5.97 Å². The van der Waals surface area contributed by atoms with Crippen molar-refractivity contribution in [3.05, 3.63) is 0 Å². The number of ether oxygens (including phenoxy) is 1. The van der Waals surface area contributed by atoms with E-state index in [4.69, 9.17) is 4.74 Å². The van der Waals surface area contributed by atoms with Gasteiger partial charge in [0.25, 0.3) is 0 Å². The second-order valence-corrected chi connectivity index (χ2v) is 8.48. The number of piperidine rings is 1. The molecule has 1 heterocycles. The van der Waals surface area contributed by atoms with Crippen molar-refractivity contribution in [2.45, 2.75) is 46.7 Å². The topological polar surface area (TPSA) is 59.0 Å². The molecule has 1 saturated carbocycles. The van der Waals surface area contributed by atoms with Gasteiger partial charge in [0.05, 0.1) is 11.3 Å².